The molecule has 2 rings (SSSR count). The predicted octanol–water partition coefficient (Wildman–Crippen LogP) is 2.36. The van der Waals surface area contributed by atoms with E-state index in [1.165, 1.54) is 0 Å². The minimum atomic E-state index is -0.00387. The van der Waals surface area contributed by atoms with Gasteiger partial charge in [0.25, 0.3) is 0 Å². The third-order valence-corrected chi connectivity index (χ3v) is 3.31. The molecule has 0 amide bonds. The van der Waals surface area contributed by atoms with Gasteiger partial charge in [-0.25, -0.2) is 0 Å². The number of anilines is 1. The van der Waals surface area contributed by atoms with Crippen LogP contribution >= 0.6 is 11.6 Å². The molecule has 0 unspecified atom stereocenters. The molecule has 0 fully saturated rings. The molecule has 5 nitrogen and oxygen atoms in total. The summed E-state index contributed by atoms with van der Waals surface area (Å²) in [5, 5.41) is 21.2. The zero-order valence-electron chi connectivity index (χ0n) is 11.0. The van der Waals surface area contributed by atoms with Crippen molar-refractivity contribution >= 4 is 17.3 Å². The lowest BCUT2D eigenvalue weighted by atomic mass is 10.2. The van der Waals surface area contributed by atoms with Crippen LogP contribution in [0.2, 0.25) is 5.02 Å². The number of rotatable bonds is 5. The fourth-order valence-electron chi connectivity index (χ4n) is 1.95. The van der Waals surface area contributed by atoms with Crippen LogP contribution in [0.4, 0.5) is 5.69 Å². The van der Waals surface area contributed by atoms with Crippen LogP contribution in [0, 0.1) is 6.92 Å². The van der Waals surface area contributed by atoms with Crippen LogP contribution in [0.5, 0.6) is 0 Å². The van der Waals surface area contributed by atoms with Gasteiger partial charge in [-0.1, -0.05) is 17.7 Å². The number of hydrogen-bond donors (Lipinski definition) is 2. The number of aliphatic hydroxyl groups is 1. The van der Waals surface area contributed by atoms with E-state index in [0.29, 0.717) is 11.6 Å². The first-order valence-corrected chi connectivity index (χ1v) is 6.55. The molecular weight excluding hydrogens is 264 g/mol. The van der Waals surface area contributed by atoms with E-state index in [4.69, 9.17) is 16.7 Å². The minimum absolute atomic E-state index is 0.00387. The minimum Gasteiger partial charge on any atom is -0.392 e. The zero-order valence-corrected chi connectivity index (χ0v) is 11.8. The molecule has 0 saturated carbocycles. The molecule has 1 heterocycles. The SMILES string of the molecule is CCn1c(C)nnc1CNc1cc(CO)ccc1Cl. The van der Waals surface area contributed by atoms with Crippen molar-refractivity contribution in [1.82, 2.24) is 14.8 Å². The molecule has 2 N–H and O–H groups in total. The van der Waals surface area contributed by atoms with Crippen molar-refractivity contribution in [3.8, 4) is 0 Å². The Bertz CT molecular complexity index is 568. The average Bonchev–Trinajstić information content (AvgIpc) is 2.78. The Morgan fingerprint density at radius 2 is 2.16 bits per heavy atom. The van der Waals surface area contributed by atoms with Crippen molar-refractivity contribution in [3.63, 3.8) is 0 Å². The Morgan fingerprint density at radius 3 is 2.84 bits per heavy atom. The van der Waals surface area contributed by atoms with E-state index in [1.807, 2.05) is 17.6 Å². The maximum absolute atomic E-state index is 9.13. The highest BCUT2D eigenvalue weighted by molar-refractivity contribution is 6.33. The zero-order chi connectivity index (χ0) is 13.8. The van der Waals surface area contributed by atoms with Gasteiger partial charge < -0.3 is 15.0 Å². The number of aryl methyl sites for hydroxylation is 1. The second kappa shape index (κ2) is 6.04. The van der Waals surface area contributed by atoms with Gasteiger partial charge in [-0.15, -0.1) is 10.2 Å². The number of halogens is 1. The first-order chi connectivity index (χ1) is 9.15. The van der Waals surface area contributed by atoms with Crippen molar-refractivity contribution in [2.24, 2.45) is 0 Å². The monoisotopic (exact) mass is 280 g/mol. The second-order valence-corrected chi connectivity index (χ2v) is 4.64. The number of nitrogens with one attached hydrogen (secondary N) is 1. The molecule has 0 atom stereocenters. The number of benzene rings is 1. The highest BCUT2D eigenvalue weighted by atomic mass is 35.5. The van der Waals surface area contributed by atoms with Crippen molar-refractivity contribution < 1.29 is 5.11 Å². The lowest BCUT2D eigenvalue weighted by Crippen LogP contribution is -2.09. The first-order valence-electron chi connectivity index (χ1n) is 6.17. The second-order valence-electron chi connectivity index (χ2n) is 4.23. The Morgan fingerprint density at radius 1 is 1.37 bits per heavy atom. The van der Waals surface area contributed by atoms with E-state index in [-0.39, 0.29) is 6.61 Å². The van der Waals surface area contributed by atoms with Crippen molar-refractivity contribution in [2.75, 3.05) is 5.32 Å². The van der Waals surface area contributed by atoms with Gasteiger partial charge in [0.2, 0.25) is 0 Å². The van der Waals surface area contributed by atoms with Crippen LogP contribution in [-0.4, -0.2) is 19.9 Å². The predicted molar refractivity (Wildman–Crippen MR) is 75.1 cm³/mol. The van der Waals surface area contributed by atoms with E-state index in [2.05, 4.69) is 22.4 Å². The summed E-state index contributed by atoms with van der Waals surface area (Å²) in [5.74, 6) is 1.76. The fraction of sp³-hybridized carbons (Fsp3) is 0.385. The van der Waals surface area contributed by atoms with Crippen LogP contribution in [0.25, 0.3) is 0 Å². The highest BCUT2D eigenvalue weighted by Crippen LogP contribution is 2.23. The summed E-state index contributed by atoms with van der Waals surface area (Å²) >= 11 is 6.11. The normalized spacial score (nSPS) is 10.7. The van der Waals surface area contributed by atoms with E-state index in [1.54, 1.807) is 12.1 Å². The van der Waals surface area contributed by atoms with Crippen LogP contribution in [0.1, 0.15) is 24.1 Å². The van der Waals surface area contributed by atoms with Crippen LogP contribution in [-0.2, 0) is 19.7 Å². The maximum atomic E-state index is 9.13. The highest BCUT2D eigenvalue weighted by Gasteiger charge is 2.08. The Kier molecular flexibility index (Phi) is 4.39. The summed E-state index contributed by atoms with van der Waals surface area (Å²) in [4.78, 5) is 0. The fourth-order valence-corrected chi connectivity index (χ4v) is 2.13. The molecule has 1 aromatic heterocycles. The molecular formula is C13H17ClN4O. The van der Waals surface area contributed by atoms with Crippen molar-refractivity contribution in [3.05, 3.63) is 40.4 Å². The van der Waals surface area contributed by atoms with Crippen LogP contribution < -0.4 is 5.32 Å². The van der Waals surface area contributed by atoms with Gasteiger partial charge in [-0.3, -0.25) is 0 Å². The maximum Gasteiger partial charge on any atom is 0.152 e. The molecule has 19 heavy (non-hydrogen) atoms. The molecule has 6 heteroatoms. The van der Waals surface area contributed by atoms with Crippen LogP contribution in [0.15, 0.2) is 18.2 Å². The van der Waals surface area contributed by atoms with Gasteiger partial charge >= 0.3 is 0 Å². The largest absolute Gasteiger partial charge is 0.392 e. The molecule has 1 aromatic carbocycles. The molecule has 0 aliphatic carbocycles. The molecule has 0 spiro atoms. The number of hydrogen-bond acceptors (Lipinski definition) is 4. The van der Waals surface area contributed by atoms with E-state index >= 15 is 0 Å². The smallest absolute Gasteiger partial charge is 0.152 e. The van der Waals surface area contributed by atoms with E-state index in [9.17, 15) is 0 Å². The van der Waals surface area contributed by atoms with Crippen LogP contribution in [0.3, 0.4) is 0 Å². The third kappa shape index (κ3) is 3.05. The summed E-state index contributed by atoms with van der Waals surface area (Å²) in [6, 6.07) is 5.40. The summed E-state index contributed by atoms with van der Waals surface area (Å²) in [6.07, 6.45) is 0. The van der Waals surface area contributed by atoms with Crippen molar-refractivity contribution in [2.45, 2.75) is 33.5 Å². The summed E-state index contributed by atoms with van der Waals surface area (Å²) in [5.41, 5.74) is 1.61. The first kappa shape index (κ1) is 13.8. The lowest BCUT2D eigenvalue weighted by Gasteiger charge is -2.10. The van der Waals surface area contributed by atoms with Crippen molar-refractivity contribution in [1.29, 1.82) is 0 Å². The van der Waals surface area contributed by atoms with Gasteiger partial charge in [0.1, 0.15) is 5.82 Å². The molecule has 0 aliphatic rings. The van der Waals surface area contributed by atoms with Gasteiger partial charge in [-0.05, 0) is 31.5 Å². The molecule has 0 radical (unpaired) electrons. The molecule has 0 saturated heterocycles. The van der Waals surface area contributed by atoms with Gasteiger partial charge in [0.15, 0.2) is 5.82 Å². The molecule has 102 valence electrons. The summed E-state index contributed by atoms with van der Waals surface area (Å²) in [7, 11) is 0. The number of nitrogens with zero attached hydrogens (tertiary/aromatic N) is 3. The molecule has 2 aromatic rings. The summed E-state index contributed by atoms with van der Waals surface area (Å²) in [6.45, 7) is 5.36. The van der Waals surface area contributed by atoms with Gasteiger partial charge in [0, 0.05) is 6.54 Å². The van der Waals surface area contributed by atoms with Gasteiger partial charge in [-0.2, -0.15) is 0 Å². The van der Waals surface area contributed by atoms with Gasteiger partial charge in [0.05, 0.1) is 23.9 Å². The summed E-state index contributed by atoms with van der Waals surface area (Å²) < 4.78 is 2.04. The third-order valence-electron chi connectivity index (χ3n) is 2.98. The number of aliphatic hydroxyl groups excluding tert-OH is 1. The lowest BCUT2D eigenvalue weighted by molar-refractivity contribution is 0.282. The quantitative estimate of drug-likeness (QED) is 0.883. The topological polar surface area (TPSA) is 63.0 Å². The Labute approximate surface area is 117 Å². The standard InChI is InChI=1S/C13H17ClN4O/c1-3-18-9(2)16-17-13(18)7-15-12-6-10(8-19)4-5-11(12)14/h4-6,15,19H,3,7-8H2,1-2H3. The van der Waals surface area contributed by atoms with E-state index < -0.39 is 0 Å². The molecule has 0 aliphatic heterocycles. The Balaban J connectivity index is 2.14. The molecule has 0 bridgehead atoms. The average molecular weight is 281 g/mol. The number of aromatic nitrogens is 3. The Hall–Kier alpha value is -1.59. The van der Waals surface area contributed by atoms with E-state index in [0.717, 1.165) is 29.4 Å².